The molecule has 9 nitrogen and oxygen atoms in total. The Morgan fingerprint density at radius 1 is 1.05 bits per heavy atom. The van der Waals surface area contributed by atoms with Gasteiger partial charge in [0, 0.05) is 38.9 Å². The lowest BCUT2D eigenvalue weighted by molar-refractivity contribution is -0.143. The zero-order chi connectivity index (χ0) is 28.8. The van der Waals surface area contributed by atoms with E-state index in [2.05, 4.69) is 23.1 Å². The third-order valence-electron chi connectivity index (χ3n) is 8.48. The van der Waals surface area contributed by atoms with Crippen molar-refractivity contribution in [3.63, 3.8) is 0 Å². The van der Waals surface area contributed by atoms with E-state index < -0.39 is 5.97 Å². The number of methoxy groups -OCH3 is 1. The van der Waals surface area contributed by atoms with Gasteiger partial charge >= 0.3 is 5.97 Å². The summed E-state index contributed by atoms with van der Waals surface area (Å²) < 4.78 is 17.2. The highest BCUT2D eigenvalue weighted by molar-refractivity contribution is 6.01. The van der Waals surface area contributed by atoms with Crippen LogP contribution in [0.5, 0.6) is 17.2 Å². The molecule has 41 heavy (non-hydrogen) atoms. The average molecular weight is 565 g/mol. The zero-order valence-electron chi connectivity index (χ0n) is 23.8. The maximum atomic E-state index is 11.9. The largest absolute Gasteiger partial charge is 0.493 e. The van der Waals surface area contributed by atoms with Gasteiger partial charge in [-0.05, 0) is 66.5 Å². The molecule has 1 saturated heterocycles. The fraction of sp³-hybridized carbons (Fsp3) is 0.531. The van der Waals surface area contributed by atoms with Crippen molar-refractivity contribution in [2.24, 2.45) is 11.8 Å². The number of amides is 2. The van der Waals surface area contributed by atoms with Crippen molar-refractivity contribution in [1.29, 1.82) is 0 Å². The molecular formula is C32H40N2O7. The molecule has 1 N–H and O–H groups in total. The summed E-state index contributed by atoms with van der Waals surface area (Å²) in [5.41, 5.74) is 3.62. The number of fused-ring (bicyclic) bond motifs is 1. The number of hydrogen-bond donors (Lipinski definition) is 1. The van der Waals surface area contributed by atoms with Crippen molar-refractivity contribution < 1.29 is 33.7 Å². The standard InChI is InChI=1S/C32H40N2O7/c1-39-29-19-24(6-8-28(29)41-16-14-34-30(35)9-10-31(34)36)21-33(20-23-3-2-4-26(18-23)32(37)38)13-11-22-5-7-27-25(17-22)12-15-40-27/h5-8,17,19,23,26H,2-4,9-16,18,20-21H2,1H3,(H,37,38). The Hall–Kier alpha value is -3.59. The summed E-state index contributed by atoms with van der Waals surface area (Å²) in [6.45, 7) is 3.58. The number of imide groups is 1. The minimum atomic E-state index is -0.680. The van der Waals surface area contributed by atoms with Gasteiger partial charge in [-0.1, -0.05) is 24.6 Å². The lowest BCUT2D eigenvalue weighted by atomic mass is 9.81. The second kappa shape index (κ2) is 13.4. The van der Waals surface area contributed by atoms with Gasteiger partial charge in [-0.15, -0.1) is 0 Å². The second-order valence-corrected chi connectivity index (χ2v) is 11.4. The van der Waals surface area contributed by atoms with Crippen LogP contribution >= 0.6 is 0 Å². The van der Waals surface area contributed by atoms with Crippen molar-refractivity contribution in [2.45, 2.75) is 57.9 Å². The first-order valence-electron chi connectivity index (χ1n) is 14.7. The van der Waals surface area contributed by atoms with Gasteiger partial charge in [-0.2, -0.15) is 0 Å². The van der Waals surface area contributed by atoms with Crippen LogP contribution in [0.2, 0.25) is 0 Å². The van der Waals surface area contributed by atoms with Crippen molar-refractivity contribution in [3.8, 4) is 17.2 Å². The van der Waals surface area contributed by atoms with E-state index in [1.807, 2.05) is 18.2 Å². The Bertz CT molecular complexity index is 1250. The van der Waals surface area contributed by atoms with Crippen LogP contribution in [0.4, 0.5) is 0 Å². The lowest BCUT2D eigenvalue weighted by Gasteiger charge is -2.32. The number of rotatable bonds is 13. The quantitative estimate of drug-likeness (QED) is 0.363. The fourth-order valence-electron chi connectivity index (χ4n) is 6.27. The molecule has 9 heteroatoms. The Labute approximate surface area is 241 Å². The average Bonchev–Trinajstić information content (AvgIpc) is 3.58. The fourth-order valence-corrected chi connectivity index (χ4v) is 6.27. The van der Waals surface area contributed by atoms with Gasteiger partial charge in [-0.25, -0.2) is 0 Å². The van der Waals surface area contributed by atoms with Crippen molar-refractivity contribution in [3.05, 3.63) is 53.1 Å². The van der Waals surface area contributed by atoms with Crippen molar-refractivity contribution in [1.82, 2.24) is 9.80 Å². The van der Waals surface area contributed by atoms with Crippen molar-refractivity contribution >= 4 is 17.8 Å². The molecule has 2 fully saturated rings. The van der Waals surface area contributed by atoms with E-state index in [4.69, 9.17) is 14.2 Å². The smallest absolute Gasteiger partial charge is 0.306 e. The molecule has 5 rings (SSSR count). The molecule has 0 bridgehead atoms. The molecule has 220 valence electrons. The zero-order valence-corrected chi connectivity index (χ0v) is 23.8. The maximum Gasteiger partial charge on any atom is 0.306 e. The predicted molar refractivity (Wildman–Crippen MR) is 152 cm³/mol. The molecule has 2 amide bonds. The normalized spacial score (nSPS) is 20.3. The van der Waals surface area contributed by atoms with Gasteiger partial charge in [0.25, 0.3) is 0 Å². The molecule has 2 atom stereocenters. The summed E-state index contributed by atoms with van der Waals surface area (Å²) in [5, 5.41) is 9.60. The Kier molecular flexibility index (Phi) is 9.44. The Morgan fingerprint density at radius 3 is 2.63 bits per heavy atom. The number of ether oxygens (including phenoxy) is 3. The van der Waals surface area contributed by atoms with Crippen LogP contribution in [0.25, 0.3) is 0 Å². The highest BCUT2D eigenvalue weighted by Crippen LogP contribution is 2.32. The van der Waals surface area contributed by atoms with E-state index in [-0.39, 0.29) is 43.7 Å². The van der Waals surface area contributed by atoms with Gasteiger partial charge in [-0.3, -0.25) is 24.2 Å². The first-order chi connectivity index (χ1) is 19.9. The maximum absolute atomic E-state index is 11.9. The number of benzene rings is 2. The molecule has 2 aromatic carbocycles. The number of carboxylic acids is 1. The lowest BCUT2D eigenvalue weighted by Crippen LogP contribution is -2.34. The molecule has 2 unspecified atom stereocenters. The summed E-state index contributed by atoms with van der Waals surface area (Å²) in [6.07, 6.45) is 5.88. The van der Waals surface area contributed by atoms with E-state index in [1.165, 1.54) is 16.0 Å². The molecule has 1 saturated carbocycles. The number of nitrogens with zero attached hydrogens (tertiary/aromatic N) is 2. The number of carbonyl (C=O) groups excluding carboxylic acids is 2. The minimum Gasteiger partial charge on any atom is -0.493 e. The molecule has 2 aromatic rings. The van der Waals surface area contributed by atoms with Crippen LogP contribution in [0, 0.1) is 11.8 Å². The van der Waals surface area contributed by atoms with Gasteiger partial charge in [0.1, 0.15) is 12.4 Å². The van der Waals surface area contributed by atoms with E-state index in [1.54, 1.807) is 7.11 Å². The monoisotopic (exact) mass is 564 g/mol. The highest BCUT2D eigenvalue weighted by atomic mass is 16.5. The number of hydrogen-bond acceptors (Lipinski definition) is 7. The summed E-state index contributed by atoms with van der Waals surface area (Å²) >= 11 is 0. The molecule has 0 spiro atoms. The second-order valence-electron chi connectivity index (χ2n) is 11.4. The van der Waals surface area contributed by atoms with Gasteiger partial charge in [0.15, 0.2) is 11.5 Å². The Morgan fingerprint density at radius 2 is 1.85 bits per heavy atom. The highest BCUT2D eigenvalue weighted by Gasteiger charge is 2.29. The molecule has 0 radical (unpaired) electrons. The molecule has 3 aliphatic rings. The summed E-state index contributed by atoms with van der Waals surface area (Å²) in [5.74, 6) is 1.26. The molecule has 2 aliphatic heterocycles. The predicted octanol–water partition coefficient (Wildman–Crippen LogP) is 4.09. The molecule has 0 aromatic heterocycles. The van der Waals surface area contributed by atoms with Gasteiger partial charge < -0.3 is 19.3 Å². The third kappa shape index (κ3) is 7.38. The topological polar surface area (TPSA) is 106 Å². The first kappa shape index (κ1) is 28.9. The SMILES string of the molecule is COc1cc(CN(CCc2ccc3c(c2)CCO3)CC2CCCC(C(=O)O)C2)ccc1OCCN1C(=O)CCC1=O. The number of aliphatic carboxylic acids is 1. The number of carboxylic acid groups (broad SMARTS) is 1. The molecular weight excluding hydrogens is 524 g/mol. The van der Waals surface area contributed by atoms with E-state index in [0.717, 1.165) is 69.5 Å². The van der Waals surface area contributed by atoms with Crippen LogP contribution in [0.3, 0.4) is 0 Å². The first-order valence-corrected chi connectivity index (χ1v) is 14.7. The summed E-state index contributed by atoms with van der Waals surface area (Å²) in [7, 11) is 1.60. The Balaban J connectivity index is 1.24. The molecule has 2 heterocycles. The van der Waals surface area contributed by atoms with Crippen LogP contribution in [-0.4, -0.2) is 72.6 Å². The van der Waals surface area contributed by atoms with E-state index in [9.17, 15) is 19.5 Å². The number of carbonyl (C=O) groups is 3. The van der Waals surface area contributed by atoms with Gasteiger partial charge in [0.2, 0.25) is 11.8 Å². The third-order valence-corrected chi connectivity index (χ3v) is 8.48. The van der Waals surface area contributed by atoms with Crippen molar-refractivity contribution in [2.75, 3.05) is 40.0 Å². The van der Waals surface area contributed by atoms with Crippen LogP contribution < -0.4 is 14.2 Å². The van der Waals surface area contributed by atoms with Gasteiger partial charge in [0.05, 0.1) is 26.2 Å². The van der Waals surface area contributed by atoms with E-state index in [0.29, 0.717) is 24.0 Å². The van der Waals surface area contributed by atoms with Crippen LogP contribution in [-0.2, 0) is 33.8 Å². The summed E-state index contributed by atoms with van der Waals surface area (Å²) in [6, 6.07) is 12.3. The molecule has 1 aliphatic carbocycles. The van der Waals surface area contributed by atoms with Crippen LogP contribution in [0.15, 0.2) is 36.4 Å². The van der Waals surface area contributed by atoms with Crippen LogP contribution in [0.1, 0.15) is 55.2 Å². The number of likely N-dealkylation sites (tertiary alicyclic amines) is 1. The minimum absolute atomic E-state index is 0.151. The van der Waals surface area contributed by atoms with E-state index >= 15 is 0 Å². The summed E-state index contributed by atoms with van der Waals surface area (Å²) in [4.78, 5) is 39.1.